The predicted molar refractivity (Wildman–Crippen MR) is 132 cm³/mol. The van der Waals surface area contributed by atoms with Crippen LogP contribution in [0.3, 0.4) is 0 Å². The minimum atomic E-state index is -0.331. The lowest BCUT2D eigenvalue weighted by Gasteiger charge is -2.13. The zero-order chi connectivity index (χ0) is 23.9. The van der Waals surface area contributed by atoms with Crippen molar-refractivity contribution in [2.75, 3.05) is 7.11 Å². The molecule has 1 N–H and O–H groups in total. The first kappa shape index (κ1) is 23.3. The number of aromatic nitrogens is 1. The zero-order valence-corrected chi connectivity index (χ0v) is 19.8. The third kappa shape index (κ3) is 5.52. The minimum absolute atomic E-state index is 0.257. The van der Waals surface area contributed by atoms with Crippen molar-refractivity contribution in [1.82, 2.24) is 9.99 Å². The second kappa shape index (κ2) is 10.8. The number of hydrazone groups is 1. The van der Waals surface area contributed by atoms with Crippen molar-refractivity contribution in [2.45, 2.75) is 6.61 Å². The van der Waals surface area contributed by atoms with Crippen LogP contribution in [-0.2, 0) is 6.61 Å². The SMILES string of the molecule is COc1cc(/C=N/NC(=O)c2ccccc2-n2cccc2)c(Br)cc1OCc1ccc(F)cc1. The average molecular weight is 522 g/mol. The number of ether oxygens (including phenoxy) is 2. The average Bonchev–Trinajstić information content (AvgIpc) is 3.39. The Morgan fingerprint density at radius 2 is 1.79 bits per heavy atom. The molecule has 0 saturated heterocycles. The predicted octanol–water partition coefficient (Wildman–Crippen LogP) is 5.73. The largest absolute Gasteiger partial charge is 0.493 e. The molecule has 0 spiro atoms. The number of halogens is 2. The zero-order valence-electron chi connectivity index (χ0n) is 18.2. The Balaban J connectivity index is 1.46. The molecule has 8 heteroatoms. The number of carbonyl (C=O) groups is 1. The van der Waals surface area contributed by atoms with E-state index in [0.29, 0.717) is 27.1 Å². The summed E-state index contributed by atoms with van der Waals surface area (Å²) >= 11 is 3.50. The van der Waals surface area contributed by atoms with Gasteiger partial charge in [0.05, 0.1) is 24.6 Å². The number of methoxy groups -OCH3 is 1. The number of amides is 1. The van der Waals surface area contributed by atoms with Gasteiger partial charge in [-0.2, -0.15) is 5.10 Å². The second-order valence-corrected chi connectivity index (χ2v) is 8.10. The molecule has 0 unspecified atom stereocenters. The van der Waals surface area contributed by atoms with Gasteiger partial charge in [0, 0.05) is 22.4 Å². The quantitative estimate of drug-likeness (QED) is 0.238. The van der Waals surface area contributed by atoms with E-state index in [-0.39, 0.29) is 18.3 Å². The lowest BCUT2D eigenvalue weighted by atomic mass is 10.1. The molecule has 34 heavy (non-hydrogen) atoms. The van der Waals surface area contributed by atoms with Crippen molar-refractivity contribution in [3.8, 4) is 17.2 Å². The molecule has 0 aliphatic carbocycles. The maximum Gasteiger partial charge on any atom is 0.273 e. The number of benzene rings is 3. The summed E-state index contributed by atoms with van der Waals surface area (Å²) in [6, 6.07) is 20.7. The van der Waals surface area contributed by atoms with E-state index in [0.717, 1.165) is 11.3 Å². The van der Waals surface area contributed by atoms with Gasteiger partial charge in [-0.05, 0) is 70.0 Å². The van der Waals surface area contributed by atoms with Crippen molar-refractivity contribution in [1.29, 1.82) is 0 Å². The number of hydrogen-bond acceptors (Lipinski definition) is 4. The first-order valence-electron chi connectivity index (χ1n) is 10.4. The normalized spacial score (nSPS) is 10.9. The van der Waals surface area contributed by atoms with E-state index in [9.17, 15) is 9.18 Å². The molecule has 1 heterocycles. The van der Waals surface area contributed by atoms with E-state index in [1.165, 1.54) is 25.5 Å². The van der Waals surface area contributed by atoms with E-state index < -0.39 is 0 Å². The van der Waals surface area contributed by atoms with Gasteiger partial charge in [0.25, 0.3) is 5.91 Å². The Hall–Kier alpha value is -3.91. The van der Waals surface area contributed by atoms with E-state index >= 15 is 0 Å². The summed E-state index contributed by atoms with van der Waals surface area (Å²) < 4.78 is 26.9. The highest BCUT2D eigenvalue weighted by atomic mass is 79.9. The third-order valence-corrected chi connectivity index (χ3v) is 5.68. The molecule has 4 aromatic rings. The highest BCUT2D eigenvalue weighted by molar-refractivity contribution is 9.10. The number of rotatable bonds is 8. The van der Waals surface area contributed by atoms with Crippen molar-refractivity contribution in [3.05, 3.63) is 112 Å². The lowest BCUT2D eigenvalue weighted by Crippen LogP contribution is -2.19. The van der Waals surface area contributed by atoms with Crippen LogP contribution in [0.15, 0.2) is 94.8 Å². The molecular weight excluding hydrogens is 501 g/mol. The van der Waals surface area contributed by atoms with Crippen molar-refractivity contribution in [3.63, 3.8) is 0 Å². The highest BCUT2D eigenvalue weighted by Crippen LogP contribution is 2.33. The van der Waals surface area contributed by atoms with Crippen LogP contribution in [-0.4, -0.2) is 23.8 Å². The van der Waals surface area contributed by atoms with E-state index in [4.69, 9.17) is 9.47 Å². The fourth-order valence-electron chi connectivity index (χ4n) is 3.27. The Kier molecular flexibility index (Phi) is 7.39. The van der Waals surface area contributed by atoms with Gasteiger partial charge in [-0.3, -0.25) is 4.79 Å². The topological polar surface area (TPSA) is 64.8 Å². The van der Waals surface area contributed by atoms with Gasteiger partial charge in [-0.15, -0.1) is 0 Å². The van der Waals surface area contributed by atoms with Crippen molar-refractivity contribution in [2.24, 2.45) is 5.10 Å². The first-order valence-corrected chi connectivity index (χ1v) is 11.1. The molecular formula is C26H21BrFN3O3. The molecule has 0 bridgehead atoms. The number of nitrogens with one attached hydrogen (secondary N) is 1. The van der Waals surface area contributed by atoms with Crippen LogP contribution in [0.5, 0.6) is 11.5 Å². The number of carbonyl (C=O) groups excluding carboxylic acids is 1. The Morgan fingerprint density at radius 1 is 1.06 bits per heavy atom. The minimum Gasteiger partial charge on any atom is -0.493 e. The summed E-state index contributed by atoms with van der Waals surface area (Å²) in [6.45, 7) is 0.257. The summed E-state index contributed by atoms with van der Waals surface area (Å²) in [5.41, 5.74) is 5.34. The maximum atomic E-state index is 13.1. The molecule has 0 aliphatic rings. The summed E-state index contributed by atoms with van der Waals surface area (Å²) in [6.07, 6.45) is 5.27. The van der Waals surface area contributed by atoms with Gasteiger partial charge >= 0.3 is 0 Å². The van der Waals surface area contributed by atoms with Gasteiger partial charge in [-0.25, -0.2) is 9.82 Å². The monoisotopic (exact) mass is 521 g/mol. The van der Waals surface area contributed by atoms with Crippen LogP contribution in [0.4, 0.5) is 4.39 Å². The molecule has 1 amide bonds. The van der Waals surface area contributed by atoms with Crippen LogP contribution >= 0.6 is 15.9 Å². The lowest BCUT2D eigenvalue weighted by molar-refractivity contribution is 0.0955. The van der Waals surface area contributed by atoms with Crippen LogP contribution in [0.25, 0.3) is 5.69 Å². The van der Waals surface area contributed by atoms with E-state index in [1.807, 2.05) is 41.2 Å². The van der Waals surface area contributed by atoms with E-state index in [1.54, 1.807) is 36.4 Å². The highest BCUT2D eigenvalue weighted by Gasteiger charge is 2.12. The van der Waals surface area contributed by atoms with Gasteiger partial charge in [-0.1, -0.05) is 24.3 Å². The fraction of sp³-hybridized carbons (Fsp3) is 0.0769. The number of hydrogen-bond donors (Lipinski definition) is 1. The Bertz CT molecular complexity index is 1310. The van der Waals surface area contributed by atoms with Crippen molar-refractivity contribution >= 4 is 28.1 Å². The van der Waals surface area contributed by atoms with Gasteiger partial charge < -0.3 is 14.0 Å². The van der Waals surface area contributed by atoms with Crippen LogP contribution < -0.4 is 14.9 Å². The molecule has 0 fully saturated rings. The molecule has 0 atom stereocenters. The Labute approximate surface area is 204 Å². The summed E-state index contributed by atoms with van der Waals surface area (Å²) in [7, 11) is 1.54. The maximum absolute atomic E-state index is 13.1. The molecule has 172 valence electrons. The summed E-state index contributed by atoms with van der Waals surface area (Å²) in [5.74, 6) is 0.382. The fourth-order valence-corrected chi connectivity index (χ4v) is 3.70. The van der Waals surface area contributed by atoms with Crippen molar-refractivity contribution < 1.29 is 18.7 Å². The second-order valence-electron chi connectivity index (χ2n) is 7.25. The summed E-state index contributed by atoms with van der Waals surface area (Å²) in [4.78, 5) is 12.7. The van der Waals surface area contributed by atoms with Crippen LogP contribution in [0, 0.1) is 5.82 Å². The smallest absolute Gasteiger partial charge is 0.273 e. The standard InChI is InChI=1S/C26H21BrFN3O3/c1-33-24-14-19(22(27)15-25(24)34-17-18-8-10-20(28)11-9-18)16-29-30-26(32)21-6-2-3-7-23(21)31-12-4-5-13-31/h2-16H,17H2,1H3,(H,30,32)/b29-16+. The molecule has 0 saturated carbocycles. The van der Waals surface area contributed by atoms with Gasteiger partial charge in [0.2, 0.25) is 0 Å². The third-order valence-electron chi connectivity index (χ3n) is 4.99. The van der Waals surface area contributed by atoms with Gasteiger partial charge in [0.15, 0.2) is 11.5 Å². The van der Waals surface area contributed by atoms with Gasteiger partial charge in [0.1, 0.15) is 12.4 Å². The van der Waals surface area contributed by atoms with Crippen LogP contribution in [0.2, 0.25) is 0 Å². The molecule has 3 aromatic carbocycles. The molecule has 6 nitrogen and oxygen atoms in total. The number of nitrogens with zero attached hydrogens (tertiary/aromatic N) is 2. The molecule has 4 rings (SSSR count). The molecule has 1 aromatic heterocycles. The molecule has 0 aliphatic heterocycles. The Morgan fingerprint density at radius 3 is 2.53 bits per heavy atom. The van der Waals surface area contributed by atoms with Crippen LogP contribution in [0.1, 0.15) is 21.5 Å². The molecule has 0 radical (unpaired) electrons. The van der Waals surface area contributed by atoms with E-state index in [2.05, 4.69) is 26.5 Å². The number of para-hydroxylation sites is 1. The first-order chi connectivity index (χ1) is 16.5. The summed E-state index contributed by atoms with van der Waals surface area (Å²) in [5, 5.41) is 4.11.